The molecule has 1 atom stereocenters. The van der Waals surface area contributed by atoms with Gasteiger partial charge in [0.15, 0.2) is 0 Å². The third-order valence-electron chi connectivity index (χ3n) is 5.91. The molecule has 1 saturated heterocycles. The Morgan fingerprint density at radius 2 is 1.85 bits per heavy atom. The van der Waals surface area contributed by atoms with Gasteiger partial charge in [-0.1, -0.05) is 41.5 Å². The fraction of sp³-hybridized carbons (Fsp3) is 0.941. The monoisotopic (exact) mass is 280 g/mol. The second kappa shape index (κ2) is 5.32. The molecule has 1 N–H and O–H groups in total. The number of piperidine rings is 1. The van der Waals surface area contributed by atoms with Crippen molar-refractivity contribution in [1.82, 2.24) is 10.2 Å². The van der Waals surface area contributed by atoms with E-state index in [0.29, 0.717) is 17.9 Å². The number of hydrogen-bond acceptors (Lipinski definition) is 2. The molecule has 1 amide bonds. The predicted molar refractivity (Wildman–Crippen MR) is 83.5 cm³/mol. The summed E-state index contributed by atoms with van der Waals surface area (Å²) < 4.78 is 0. The highest BCUT2D eigenvalue weighted by molar-refractivity contribution is 5.84. The molecule has 2 rings (SSSR count). The minimum absolute atomic E-state index is 0.160. The van der Waals surface area contributed by atoms with Crippen LogP contribution in [0.3, 0.4) is 0 Å². The van der Waals surface area contributed by atoms with Gasteiger partial charge < -0.3 is 10.2 Å². The van der Waals surface area contributed by atoms with E-state index in [1.807, 2.05) is 0 Å². The highest BCUT2D eigenvalue weighted by atomic mass is 16.2. The van der Waals surface area contributed by atoms with Gasteiger partial charge >= 0.3 is 0 Å². The van der Waals surface area contributed by atoms with Gasteiger partial charge in [0.1, 0.15) is 0 Å². The van der Waals surface area contributed by atoms with Gasteiger partial charge in [0.25, 0.3) is 0 Å². The lowest BCUT2D eigenvalue weighted by molar-refractivity contribution is -0.135. The largest absolute Gasteiger partial charge is 0.342 e. The van der Waals surface area contributed by atoms with Crippen molar-refractivity contribution in [2.24, 2.45) is 22.7 Å². The van der Waals surface area contributed by atoms with Crippen molar-refractivity contribution in [3.63, 3.8) is 0 Å². The van der Waals surface area contributed by atoms with Crippen LogP contribution in [0.25, 0.3) is 0 Å². The molecule has 0 aromatic rings. The minimum atomic E-state index is 0.160. The lowest BCUT2D eigenvalue weighted by atomic mass is 9.96. The third kappa shape index (κ3) is 2.74. The number of carbonyl (C=O) groups excluding carboxylic acids is 1. The summed E-state index contributed by atoms with van der Waals surface area (Å²) in [6.07, 6.45) is 2.41. The normalized spacial score (nSPS) is 28.8. The van der Waals surface area contributed by atoms with Crippen LogP contribution in [0.1, 0.15) is 54.4 Å². The molecule has 1 aliphatic carbocycles. The molecule has 1 saturated carbocycles. The average Bonchev–Trinajstić information content (AvgIpc) is 2.77. The molecule has 0 bridgehead atoms. The molecular weight excluding hydrogens is 248 g/mol. The first kappa shape index (κ1) is 15.8. The van der Waals surface area contributed by atoms with Crippen LogP contribution in [0.15, 0.2) is 0 Å². The van der Waals surface area contributed by atoms with Crippen LogP contribution >= 0.6 is 0 Å². The zero-order valence-corrected chi connectivity index (χ0v) is 14.1. The van der Waals surface area contributed by atoms with E-state index in [1.54, 1.807) is 0 Å². The van der Waals surface area contributed by atoms with E-state index in [1.165, 1.54) is 6.42 Å². The number of nitrogens with one attached hydrogen (secondary N) is 1. The maximum atomic E-state index is 12.8. The summed E-state index contributed by atoms with van der Waals surface area (Å²) in [6.45, 7) is 16.2. The molecule has 1 aliphatic heterocycles. The van der Waals surface area contributed by atoms with Crippen molar-refractivity contribution in [3.05, 3.63) is 0 Å². The van der Waals surface area contributed by atoms with Crippen LogP contribution in [0.5, 0.6) is 0 Å². The molecule has 1 heterocycles. The van der Waals surface area contributed by atoms with E-state index in [9.17, 15) is 4.79 Å². The molecule has 116 valence electrons. The number of nitrogens with zero attached hydrogens (tertiary/aromatic N) is 1. The highest BCUT2D eigenvalue weighted by Crippen LogP contribution is 2.68. The number of hydrogen-bond donors (Lipinski definition) is 1. The predicted octanol–water partition coefficient (Wildman–Crippen LogP) is 2.91. The van der Waals surface area contributed by atoms with Gasteiger partial charge in [0.05, 0.1) is 0 Å². The second-order valence-corrected chi connectivity index (χ2v) is 8.23. The Kier molecular flexibility index (Phi) is 4.21. The van der Waals surface area contributed by atoms with E-state index in [4.69, 9.17) is 0 Å². The van der Waals surface area contributed by atoms with E-state index in [0.717, 1.165) is 26.1 Å². The maximum absolute atomic E-state index is 12.8. The Bertz CT molecular complexity index is 359. The lowest BCUT2D eigenvalue weighted by Gasteiger charge is -2.34. The molecule has 3 heteroatoms. The summed E-state index contributed by atoms with van der Waals surface area (Å²) >= 11 is 0. The van der Waals surface area contributed by atoms with Crippen molar-refractivity contribution >= 4 is 5.91 Å². The Morgan fingerprint density at radius 1 is 1.25 bits per heavy atom. The lowest BCUT2D eigenvalue weighted by Crippen LogP contribution is -2.45. The smallest absolute Gasteiger partial charge is 0.226 e. The highest BCUT2D eigenvalue weighted by Gasteiger charge is 2.68. The van der Waals surface area contributed by atoms with Gasteiger partial charge in [-0.05, 0) is 36.1 Å². The van der Waals surface area contributed by atoms with Gasteiger partial charge in [0, 0.05) is 25.0 Å². The van der Waals surface area contributed by atoms with Crippen LogP contribution in [0.2, 0.25) is 0 Å². The molecule has 2 fully saturated rings. The molecule has 0 aromatic heterocycles. The summed E-state index contributed by atoms with van der Waals surface area (Å²) in [5.74, 6) is 1.24. The number of rotatable bonds is 4. The van der Waals surface area contributed by atoms with E-state index in [2.05, 4.69) is 51.8 Å². The summed E-state index contributed by atoms with van der Waals surface area (Å²) in [4.78, 5) is 14.9. The van der Waals surface area contributed by atoms with Crippen molar-refractivity contribution in [3.8, 4) is 0 Å². The summed E-state index contributed by atoms with van der Waals surface area (Å²) in [7, 11) is 0. The van der Waals surface area contributed by atoms with Gasteiger partial charge in [0.2, 0.25) is 5.91 Å². The fourth-order valence-corrected chi connectivity index (χ4v) is 3.83. The quantitative estimate of drug-likeness (QED) is 0.859. The van der Waals surface area contributed by atoms with Gasteiger partial charge in [-0.25, -0.2) is 0 Å². The zero-order valence-electron chi connectivity index (χ0n) is 14.1. The molecule has 3 nitrogen and oxygen atoms in total. The van der Waals surface area contributed by atoms with Gasteiger partial charge in [-0.3, -0.25) is 4.79 Å². The van der Waals surface area contributed by atoms with E-state index < -0.39 is 0 Å². The van der Waals surface area contributed by atoms with Crippen LogP contribution in [-0.4, -0.2) is 36.5 Å². The average molecular weight is 280 g/mol. The Morgan fingerprint density at radius 3 is 2.35 bits per heavy atom. The van der Waals surface area contributed by atoms with Crippen LogP contribution in [-0.2, 0) is 4.79 Å². The van der Waals surface area contributed by atoms with Crippen molar-refractivity contribution < 1.29 is 4.79 Å². The van der Waals surface area contributed by atoms with Crippen molar-refractivity contribution in [2.75, 3.05) is 19.6 Å². The fourth-order valence-electron chi connectivity index (χ4n) is 3.83. The summed E-state index contributed by atoms with van der Waals surface area (Å²) in [6, 6.07) is 0.530. The Balaban J connectivity index is 1.91. The molecule has 0 spiro atoms. The van der Waals surface area contributed by atoms with E-state index in [-0.39, 0.29) is 16.7 Å². The van der Waals surface area contributed by atoms with Crippen LogP contribution < -0.4 is 5.32 Å². The third-order valence-corrected chi connectivity index (χ3v) is 5.91. The van der Waals surface area contributed by atoms with Crippen LogP contribution in [0, 0.1) is 22.7 Å². The van der Waals surface area contributed by atoms with Gasteiger partial charge in [-0.15, -0.1) is 0 Å². The standard InChI is InChI=1S/C17H32N2O/c1-12(2)18-10-13-8-7-9-19(11-13)15(20)14-16(3,4)17(14,5)6/h12-14,18H,7-11H2,1-6H3. The molecular formula is C17H32N2O. The van der Waals surface area contributed by atoms with E-state index >= 15 is 0 Å². The van der Waals surface area contributed by atoms with Crippen molar-refractivity contribution in [2.45, 2.75) is 60.4 Å². The summed E-state index contributed by atoms with van der Waals surface area (Å²) in [5, 5.41) is 3.51. The first-order valence-corrected chi connectivity index (χ1v) is 8.20. The number of amides is 1. The SMILES string of the molecule is CC(C)NCC1CCCN(C(=O)C2C(C)(C)C2(C)C)C1. The first-order valence-electron chi connectivity index (χ1n) is 8.20. The molecule has 0 aromatic carbocycles. The Labute approximate surface area is 124 Å². The topological polar surface area (TPSA) is 32.3 Å². The first-order chi connectivity index (χ1) is 9.18. The molecule has 0 radical (unpaired) electrons. The number of likely N-dealkylation sites (tertiary alicyclic amines) is 1. The van der Waals surface area contributed by atoms with Crippen molar-refractivity contribution in [1.29, 1.82) is 0 Å². The van der Waals surface area contributed by atoms with Gasteiger partial charge in [-0.2, -0.15) is 0 Å². The summed E-state index contributed by atoms with van der Waals surface area (Å²) in [5.41, 5.74) is 0.320. The maximum Gasteiger partial charge on any atom is 0.226 e. The zero-order chi connectivity index (χ0) is 15.1. The molecule has 20 heavy (non-hydrogen) atoms. The molecule has 2 aliphatic rings. The minimum Gasteiger partial charge on any atom is -0.342 e. The number of carbonyl (C=O) groups is 1. The molecule has 1 unspecified atom stereocenters. The second-order valence-electron chi connectivity index (χ2n) is 8.23. The Hall–Kier alpha value is -0.570. The van der Waals surface area contributed by atoms with Crippen LogP contribution in [0.4, 0.5) is 0 Å².